The van der Waals surface area contributed by atoms with Gasteiger partial charge in [0.1, 0.15) is 0 Å². The second-order valence-corrected chi connectivity index (χ2v) is 4.44. The summed E-state index contributed by atoms with van der Waals surface area (Å²) in [6.45, 7) is 8.74. The fourth-order valence-electron chi connectivity index (χ4n) is 1.65. The van der Waals surface area contributed by atoms with Gasteiger partial charge in [-0.2, -0.15) is 0 Å². The number of hydrogen-bond acceptors (Lipinski definition) is 2. The lowest BCUT2D eigenvalue weighted by molar-refractivity contribution is -0.137. The molecular weight excluding hydrogens is 240 g/mol. The van der Waals surface area contributed by atoms with Crippen molar-refractivity contribution in [3.63, 3.8) is 0 Å². The minimum absolute atomic E-state index is 0.343. The van der Waals surface area contributed by atoms with Crippen LogP contribution in [0.1, 0.15) is 71.1 Å². The molecule has 0 aromatic rings. The lowest BCUT2D eigenvalue weighted by atomic mass is 10.1. The number of carbonyl (C=O) groups is 1. The van der Waals surface area contributed by atoms with Gasteiger partial charge >= 0.3 is 5.97 Å². The van der Waals surface area contributed by atoms with Gasteiger partial charge in [0, 0.05) is 6.42 Å². The summed E-state index contributed by atoms with van der Waals surface area (Å²) in [5.41, 5.74) is 0. The van der Waals surface area contributed by atoms with Gasteiger partial charge in [-0.1, -0.05) is 71.4 Å². The first-order valence-corrected chi connectivity index (χ1v) is 7.28. The lowest BCUT2D eigenvalue weighted by Gasteiger charge is -2.00. The Balaban J connectivity index is 0. The average molecular weight is 270 g/mol. The van der Waals surface area contributed by atoms with E-state index >= 15 is 0 Å². The van der Waals surface area contributed by atoms with Gasteiger partial charge in [0.05, 0.1) is 12.5 Å². The quantitative estimate of drug-likeness (QED) is 0.387. The van der Waals surface area contributed by atoms with E-state index in [1.54, 1.807) is 0 Å². The van der Waals surface area contributed by atoms with Crippen molar-refractivity contribution in [2.75, 3.05) is 0 Å². The van der Waals surface area contributed by atoms with Crippen LogP contribution in [0.2, 0.25) is 0 Å². The van der Waals surface area contributed by atoms with Gasteiger partial charge in [-0.3, -0.25) is 4.79 Å². The number of ether oxygens (including phenoxy) is 1. The minimum Gasteiger partial charge on any atom is -0.481 e. The van der Waals surface area contributed by atoms with E-state index < -0.39 is 5.97 Å². The maximum Gasteiger partial charge on any atom is 0.303 e. The molecule has 0 heterocycles. The molecule has 0 aromatic heterocycles. The summed E-state index contributed by atoms with van der Waals surface area (Å²) in [6.07, 6.45) is 14.1. The second-order valence-electron chi connectivity index (χ2n) is 4.44. The van der Waals surface area contributed by atoms with Gasteiger partial charge in [-0.15, -0.1) is 0 Å². The number of carboxylic acid groups (broad SMARTS) is 1. The molecule has 19 heavy (non-hydrogen) atoms. The summed E-state index contributed by atoms with van der Waals surface area (Å²) in [7, 11) is 0. The molecule has 0 amide bonds. The Morgan fingerprint density at radius 3 is 1.68 bits per heavy atom. The van der Waals surface area contributed by atoms with Gasteiger partial charge in [-0.05, 0) is 6.42 Å². The molecule has 3 heteroatoms. The number of carboxylic acids is 1. The molecule has 0 bridgehead atoms. The highest BCUT2D eigenvalue weighted by molar-refractivity contribution is 5.66. The molecule has 0 saturated heterocycles. The van der Waals surface area contributed by atoms with Crippen LogP contribution < -0.4 is 0 Å². The molecule has 0 aliphatic carbocycles. The van der Waals surface area contributed by atoms with Crippen LogP contribution in [0.25, 0.3) is 0 Å². The van der Waals surface area contributed by atoms with E-state index in [1.807, 2.05) is 0 Å². The van der Waals surface area contributed by atoms with Crippen LogP contribution in [0.3, 0.4) is 0 Å². The number of hydrogen-bond donors (Lipinski definition) is 1. The molecule has 0 aromatic carbocycles. The topological polar surface area (TPSA) is 46.5 Å². The summed E-state index contributed by atoms with van der Waals surface area (Å²) in [4.78, 5) is 10.2. The third kappa shape index (κ3) is 26.4. The fraction of sp³-hybridized carbons (Fsp3) is 0.688. The van der Waals surface area contributed by atoms with Crippen molar-refractivity contribution in [1.29, 1.82) is 0 Å². The second kappa shape index (κ2) is 19.1. The summed E-state index contributed by atoms with van der Waals surface area (Å²) in [5.74, 6) is -0.659. The highest BCUT2D eigenvalue weighted by Crippen LogP contribution is 2.10. The largest absolute Gasteiger partial charge is 0.481 e. The number of rotatable bonds is 12. The van der Waals surface area contributed by atoms with E-state index in [0.29, 0.717) is 6.42 Å². The molecule has 0 rings (SSSR count). The molecule has 0 atom stereocenters. The Labute approximate surface area is 118 Å². The van der Waals surface area contributed by atoms with E-state index in [9.17, 15) is 4.79 Å². The van der Waals surface area contributed by atoms with Gasteiger partial charge < -0.3 is 9.84 Å². The van der Waals surface area contributed by atoms with Crippen LogP contribution in [-0.2, 0) is 9.53 Å². The van der Waals surface area contributed by atoms with Crippen LogP contribution in [0.4, 0.5) is 0 Å². The molecule has 0 fully saturated rings. The molecule has 112 valence electrons. The zero-order valence-corrected chi connectivity index (χ0v) is 12.4. The van der Waals surface area contributed by atoms with E-state index in [-0.39, 0.29) is 0 Å². The van der Waals surface area contributed by atoms with Gasteiger partial charge in [0.15, 0.2) is 0 Å². The highest BCUT2D eigenvalue weighted by atomic mass is 16.5. The maximum absolute atomic E-state index is 10.2. The third-order valence-corrected chi connectivity index (χ3v) is 2.69. The van der Waals surface area contributed by atoms with E-state index in [4.69, 9.17) is 5.11 Å². The minimum atomic E-state index is -0.659. The van der Waals surface area contributed by atoms with E-state index in [2.05, 4.69) is 24.8 Å². The van der Waals surface area contributed by atoms with E-state index in [1.165, 1.54) is 57.5 Å². The van der Waals surface area contributed by atoms with Crippen molar-refractivity contribution in [3.05, 3.63) is 25.7 Å². The zero-order chi connectivity index (χ0) is 14.8. The Morgan fingerprint density at radius 1 is 0.947 bits per heavy atom. The Kier molecular flexibility index (Phi) is 20.2. The fourth-order valence-corrected chi connectivity index (χ4v) is 1.65. The molecule has 0 radical (unpaired) electrons. The molecule has 0 aliphatic rings. The Hall–Kier alpha value is -1.25. The molecule has 0 spiro atoms. The van der Waals surface area contributed by atoms with Crippen molar-refractivity contribution in [2.24, 2.45) is 0 Å². The molecule has 1 N–H and O–H groups in total. The van der Waals surface area contributed by atoms with Crippen molar-refractivity contribution in [3.8, 4) is 0 Å². The van der Waals surface area contributed by atoms with Gasteiger partial charge in [-0.25, -0.2) is 0 Å². The van der Waals surface area contributed by atoms with Crippen molar-refractivity contribution in [1.82, 2.24) is 0 Å². The summed E-state index contributed by atoms with van der Waals surface area (Å²) >= 11 is 0. The predicted molar refractivity (Wildman–Crippen MR) is 81.0 cm³/mol. The highest BCUT2D eigenvalue weighted by Gasteiger charge is 1.96. The monoisotopic (exact) mass is 270 g/mol. The van der Waals surface area contributed by atoms with Crippen LogP contribution in [0.5, 0.6) is 0 Å². The number of aliphatic carboxylic acids is 1. The molecule has 0 saturated carbocycles. The van der Waals surface area contributed by atoms with Crippen molar-refractivity contribution < 1.29 is 14.6 Å². The smallest absolute Gasteiger partial charge is 0.303 e. The summed E-state index contributed by atoms with van der Waals surface area (Å²) in [6, 6.07) is 0. The van der Waals surface area contributed by atoms with Crippen LogP contribution in [0.15, 0.2) is 25.7 Å². The zero-order valence-electron chi connectivity index (χ0n) is 12.4. The van der Waals surface area contributed by atoms with Crippen LogP contribution >= 0.6 is 0 Å². The standard InChI is InChI=1S/C12H24O2.C4H6O/c1-2-3-4-5-6-7-8-9-10-11-12(13)14;1-3-5-4-2/h2-11H2,1H3,(H,13,14);3-4H,1-2H2. The van der Waals surface area contributed by atoms with Gasteiger partial charge in [0.25, 0.3) is 0 Å². The lowest BCUT2D eigenvalue weighted by Crippen LogP contribution is -1.93. The Morgan fingerprint density at radius 2 is 1.37 bits per heavy atom. The third-order valence-electron chi connectivity index (χ3n) is 2.69. The van der Waals surface area contributed by atoms with E-state index in [0.717, 1.165) is 12.8 Å². The molecule has 0 unspecified atom stereocenters. The molecule has 0 aliphatic heterocycles. The normalized spacial score (nSPS) is 9.11. The predicted octanol–water partition coefficient (Wildman–Crippen LogP) is 5.28. The molecular formula is C16H30O3. The van der Waals surface area contributed by atoms with Gasteiger partial charge in [0.2, 0.25) is 0 Å². The van der Waals surface area contributed by atoms with Crippen LogP contribution in [-0.4, -0.2) is 11.1 Å². The first-order chi connectivity index (χ1) is 9.18. The summed E-state index contributed by atoms with van der Waals surface area (Å²) in [5, 5.41) is 8.41. The number of unbranched alkanes of at least 4 members (excludes halogenated alkanes) is 8. The van der Waals surface area contributed by atoms with Crippen molar-refractivity contribution in [2.45, 2.75) is 71.1 Å². The SMILES string of the molecule is C=COC=C.CCCCCCCCCCCC(=O)O. The van der Waals surface area contributed by atoms with Crippen LogP contribution in [0, 0.1) is 0 Å². The Bertz CT molecular complexity index is 206. The van der Waals surface area contributed by atoms with Crippen molar-refractivity contribution >= 4 is 5.97 Å². The average Bonchev–Trinajstić information content (AvgIpc) is 2.38. The summed E-state index contributed by atoms with van der Waals surface area (Å²) < 4.78 is 4.36. The first kappa shape index (κ1) is 20.1. The first-order valence-electron chi connectivity index (χ1n) is 7.28. The molecule has 3 nitrogen and oxygen atoms in total. The maximum atomic E-state index is 10.2.